The molecule has 0 atom stereocenters. The summed E-state index contributed by atoms with van der Waals surface area (Å²) in [5, 5.41) is 5.01. The fraction of sp³-hybridized carbons (Fsp3) is 0.312. The first-order valence-electron chi connectivity index (χ1n) is 6.79. The maximum absolute atomic E-state index is 6.19. The molecule has 2 rings (SSSR count). The zero-order valence-corrected chi connectivity index (χ0v) is 13.4. The van der Waals surface area contributed by atoms with Crippen molar-refractivity contribution < 1.29 is 0 Å². The molecule has 0 bridgehead atoms. The van der Waals surface area contributed by atoms with Crippen LogP contribution in [0.1, 0.15) is 24.5 Å². The summed E-state index contributed by atoms with van der Waals surface area (Å²) >= 11 is 7.81. The van der Waals surface area contributed by atoms with E-state index in [2.05, 4.69) is 42.3 Å². The van der Waals surface area contributed by atoms with E-state index in [1.54, 1.807) is 18.0 Å². The van der Waals surface area contributed by atoms with Crippen LogP contribution in [0.4, 0.5) is 0 Å². The second kappa shape index (κ2) is 7.67. The highest BCUT2D eigenvalue weighted by Gasteiger charge is 2.08. The fourth-order valence-corrected chi connectivity index (χ4v) is 3.02. The molecular formula is C16H19ClN2S. The van der Waals surface area contributed by atoms with E-state index < -0.39 is 0 Å². The Balaban J connectivity index is 2.20. The summed E-state index contributed by atoms with van der Waals surface area (Å²) < 4.78 is 0. The molecule has 1 aromatic heterocycles. The number of aryl methyl sites for hydroxylation is 1. The highest BCUT2D eigenvalue weighted by molar-refractivity contribution is 7.99. The predicted molar refractivity (Wildman–Crippen MR) is 86.5 cm³/mol. The second-order valence-electron chi connectivity index (χ2n) is 4.68. The SMILES string of the molecule is CCCNCc1cc(C)ccc1Sc1ncccc1Cl. The first-order chi connectivity index (χ1) is 9.70. The lowest BCUT2D eigenvalue weighted by Gasteiger charge is -2.11. The van der Waals surface area contributed by atoms with Gasteiger partial charge in [-0.1, -0.05) is 48.0 Å². The van der Waals surface area contributed by atoms with E-state index in [0.29, 0.717) is 5.02 Å². The van der Waals surface area contributed by atoms with Crippen LogP contribution in [0.3, 0.4) is 0 Å². The number of halogens is 1. The van der Waals surface area contributed by atoms with Gasteiger partial charge in [0.05, 0.1) is 5.02 Å². The van der Waals surface area contributed by atoms with E-state index in [1.807, 2.05) is 12.1 Å². The van der Waals surface area contributed by atoms with E-state index in [1.165, 1.54) is 16.0 Å². The van der Waals surface area contributed by atoms with Gasteiger partial charge in [0.1, 0.15) is 5.03 Å². The Morgan fingerprint density at radius 1 is 1.30 bits per heavy atom. The number of aromatic nitrogens is 1. The number of hydrogen-bond donors (Lipinski definition) is 1. The van der Waals surface area contributed by atoms with Crippen molar-refractivity contribution in [3.05, 3.63) is 52.7 Å². The first-order valence-corrected chi connectivity index (χ1v) is 7.98. The van der Waals surface area contributed by atoms with Gasteiger partial charge in [-0.15, -0.1) is 0 Å². The van der Waals surface area contributed by atoms with Gasteiger partial charge in [-0.25, -0.2) is 4.98 Å². The standard InChI is InChI=1S/C16H19ClN2S/c1-3-8-18-11-13-10-12(2)6-7-15(13)20-16-14(17)5-4-9-19-16/h4-7,9-10,18H,3,8,11H2,1-2H3. The van der Waals surface area contributed by atoms with E-state index in [-0.39, 0.29) is 0 Å². The number of rotatable bonds is 6. The van der Waals surface area contributed by atoms with Crippen molar-refractivity contribution in [1.29, 1.82) is 0 Å². The van der Waals surface area contributed by atoms with Crippen LogP contribution in [0, 0.1) is 6.92 Å². The molecule has 1 aromatic carbocycles. The van der Waals surface area contributed by atoms with Gasteiger partial charge in [0, 0.05) is 17.6 Å². The third kappa shape index (κ3) is 4.23. The van der Waals surface area contributed by atoms with Crippen molar-refractivity contribution in [3.8, 4) is 0 Å². The Labute approximate surface area is 130 Å². The third-order valence-corrected chi connectivity index (χ3v) is 4.44. The average molecular weight is 307 g/mol. The Hall–Kier alpha value is -1.03. The fourth-order valence-electron chi connectivity index (χ4n) is 1.90. The summed E-state index contributed by atoms with van der Waals surface area (Å²) in [5.41, 5.74) is 2.57. The average Bonchev–Trinajstić information content (AvgIpc) is 2.44. The third-order valence-electron chi connectivity index (χ3n) is 2.89. The van der Waals surface area contributed by atoms with E-state index in [4.69, 9.17) is 11.6 Å². The van der Waals surface area contributed by atoms with Gasteiger partial charge in [0.15, 0.2) is 0 Å². The molecule has 0 saturated heterocycles. The monoisotopic (exact) mass is 306 g/mol. The molecule has 0 aliphatic rings. The summed E-state index contributed by atoms with van der Waals surface area (Å²) in [4.78, 5) is 5.55. The smallest absolute Gasteiger partial charge is 0.119 e. The molecule has 0 saturated carbocycles. The van der Waals surface area contributed by atoms with Gasteiger partial charge in [0.25, 0.3) is 0 Å². The van der Waals surface area contributed by atoms with Crippen LogP contribution in [-0.2, 0) is 6.54 Å². The van der Waals surface area contributed by atoms with Crippen molar-refractivity contribution in [2.75, 3.05) is 6.54 Å². The largest absolute Gasteiger partial charge is 0.313 e. The lowest BCUT2D eigenvalue weighted by atomic mass is 10.1. The van der Waals surface area contributed by atoms with Crippen LogP contribution in [0.15, 0.2) is 46.5 Å². The molecule has 1 N–H and O–H groups in total. The molecule has 0 fully saturated rings. The summed E-state index contributed by atoms with van der Waals surface area (Å²) in [7, 11) is 0. The molecule has 0 unspecified atom stereocenters. The number of pyridine rings is 1. The Morgan fingerprint density at radius 2 is 2.15 bits per heavy atom. The van der Waals surface area contributed by atoms with Crippen molar-refractivity contribution in [3.63, 3.8) is 0 Å². The van der Waals surface area contributed by atoms with Crippen LogP contribution < -0.4 is 5.32 Å². The Morgan fingerprint density at radius 3 is 2.90 bits per heavy atom. The zero-order valence-electron chi connectivity index (χ0n) is 11.8. The molecular weight excluding hydrogens is 288 g/mol. The minimum absolute atomic E-state index is 0.700. The van der Waals surface area contributed by atoms with Gasteiger partial charge in [-0.05, 0) is 43.7 Å². The second-order valence-corrected chi connectivity index (χ2v) is 6.12. The number of hydrogen-bond acceptors (Lipinski definition) is 3. The normalized spacial score (nSPS) is 10.8. The number of nitrogens with zero attached hydrogens (tertiary/aromatic N) is 1. The van der Waals surface area contributed by atoms with Crippen molar-refractivity contribution in [2.45, 2.75) is 36.7 Å². The topological polar surface area (TPSA) is 24.9 Å². The minimum atomic E-state index is 0.700. The predicted octanol–water partition coefficient (Wildman–Crippen LogP) is 4.69. The Kier molecular flexibility index (Phi) is 5.89. The molecule has 106 valence electrons. The lowest BCUT2D eigenvalue weighted by Crippen LogP contribution is -2.14. The summed E-state index contributed by atoms with van der Waals surface area (Å²) in [6, 6.07) is 10.2. The summed E-state index contributed by atoms with van der Waals surface area (Å²) in [6.45, 7) is 6.20. The molecule has 2 nitrogen and oxygen atoms in total. The number of nitrogens with one attached hydrogen (secondary N) is 1. The molecule has 2 aromatic rings. The molecule has 20 heavy (non-hydrogen) atoms. The maximum atomic E-state index is 6.19. The maximum Gasteiger partial charge on any atom is 0.119 e. The van der Waals surface area contributed by atoms with E-state index in [0.717, 1.165) is 24.5 Å². The van der Waals surface area contributed by atoms with Crippen molar-refractivity contribution in [2.24, 2.45) is 0 Å². The van der Waals surface area contributed by atoms with Crippen LogP contribution in [0.25, 0.3) is 0 Å². The van der Waals surface area contributed by atoms with Crippen molar-refractivity contribution in [1.82, 2.24) is 10.3 Å². The summed E-state index contributed by atoms with van der Waals surface area (Å²) in [5.74, 6) is 0. The van der Waals surface area contributed by atoms with Gasteiger partial charge >= 0.3 is 0 Å². The molecule has 1 heterocycles. The van der Waals surface area contributed by atoms with Crippen LogP contribution in [-0.4, -0.2) is 11.5 Å². The van der Waals surface area contributed by atoms with Crippen molar-refractivity contribution >= 4 is 23.4 Å². The quantitative estimate of drug-likeness (QED) is 0.783. The van der Waals surface area contributed by atoms with Gasteiger partial charge in [-0.2, -0.15) is 0 Å². The Bertz CT molecular complexity index is 572. The lowest BCUT2D eigenvalue weighted by molar-refractivity contribution is 0.669. The minimum Gasteiger partial charge on any atom is -0.313 e. The molecule has 0 amide bonds. The molecule has 0 spiro atoms. The highest BCUT2D eigenvalue weighted by atomic mass is 35.5. The molecule has 0 aliphatic carbocycles. The van der Waals surface area contributed by atoms with Gasteiger partial charge < -0.3 is 5.32 Å². The number of benzene rings is 1. The van der Waals surface area contributed by atoms with E-state index >= 15 is 0 Å². The van der Waals surface area contributed by atoms with Crippen LogP contribution >= 0.6 is 23.4 Å². The molecule has 0 aliphatic heterocycles. The highest BCUT2D eigenvalue weighted by Crippen LogP contribution is 2.33. The van der Waals surface area contributed by atoms with Gasteiger partial charge in [-0.3, -0.25) is 0 Å². The van der Waals surface area contributed by atoms with Crippen LogP contribution in [0.2, 0.25) is 5.02 Å². The summed E-state index contributed by atoms with van der Waals surface area (Å²) in [6.07, 6.45) is 2.91. The molecule has 0 radical (unpaired) electrons. The van der Waals surface area contributed by atoms with Gasteiger partial charge in [0.2, 0.25) is 0 Å². The zero-order chi connectivity index (χ0) is 14.4. The molecule has 4 heteroatoms. The first kappa shape index (κ1) is 15.4. The van der Waals surface area contributed by atoms with Crippen LogP contribution in [0.5, 0.6) is 0 Å². The van der Waals surface area contributed by atoms with E-state index in [9.17, 15) is 0 Å².